The number of ether oxygens (including phenoxy) is 3. The van der Waals surface area contributed by atoms with Gasteiger partial charge in [0.2, 0.25) is 0 Å². The molecular formula is C27H35N7O6S. The molecule has 2 aromatic carbocycles. The molecule has 0 aliphatic rings. The van der Waals surface area contributed by atoms with E-state index in [0.717, 1.165) is 0 Å². The minimum Gasteiger partial charge on any atom is -0.497 e. The van der Waals surface area contributed by atoms with Crippen LogP contribution in [0.25, 0.3) is 11.0 Å². The first-order valence-corrected chi connectivity index (χ1v) is 14.4. The lowest BCUT2D eigenvalue weighted by molar-refractivity contribution is 0.154. The van der Waals surface area contributed by atoms with Gasteiger partial charge in [0.15, 0.2) is 28.2 Å². The standard InChI is InChI=1S/C27H35N7O6S/c1-18(35)11-15-40-25-22(16-19(38-4)17-23(25)39-5)30-26-27(29-21-9-7-6-8-20(21)28-26)32-41(36,37)24-10-12-34(31-24)14-13-33(2)3/h6-10,12,16-18,35H,11,13-15H2,1-5H3,(H,28,30)(H,29,32). The van der Waals surface area contributed by atoms with Gasteiger partial charge in [-0.25, -0.2) is 9.97 Å². The number of hydrogen-bond donors (Lipinski definition) is 3. The smallest absolute Gasteiger partial charge is 0.282 e. The number of rotatable bonds is 14. The molecule has 0 radical (unpaired) electrons. The minimum absolute atomic E-state index is 0.0386. The molecule has 0 bridgehead atoms. The van der Waals surface area contributed by atoms with E-state index in [-0.39, 0.29) is 23.3 Å². The maximum Gasteiger partial charge on any atom is 0.282 e. The van der Waals surface area contributed by atoms with Crippen molar-refractivity contribution in [1.82, 2.24) is 24.6 Å². The van der Waals surface area contributed by atoms with E-state index in [4.69, 9.17) is 14.2 Å². The Hall–Kier alpha value is -4.14. The number of sulfonamides is 1. The molecular weight excluding hydrogens is 550 g/mol. The quantitative estimate of drug-likeness (QED) is 0.200. The normalized spacial score (nSPS) is 12.4. The van der Waals surface area contributed by atoms with Crippen LogP contribution in [0.5, 0.6) is 17.2 Å². The summed E-state index contributed by atoms with van der Waals surface area (Å²) in [5.41, 5.74) is 1.42. The lowest BCUT2D eigenvalue weighted by Gasteiger charge is -2.19. The highest BCUT2D eigenvalue weighted by Crippen LogP contribution is 2.42. The van der Waals surface area contributed by atoms with E-state index in [1.165, 1.54) is 20.3 Å². The monoisotopic (exact) mass is 585 g/mol. The van der Waals surface area contributed by atoms with Crippen LogP contribution in [0.4, 0.5) is 17.3 Å². The highest BCUT2D eigenvalue weighted by Gasteiger charge is 2.23. The first-order chi connectivity index (χ1) is 19.6. The fraction of sp³-hybridized carbons (Fsp3) is 0.370. The average Bonchev–Trinajstić information content (AvgIpc) is 3.42. The fourth-order valence-corrected chi connectivity index (χ4v) is 4.75. The van der Waals surface area contributed by atoms with E-state index in [2.05, 4.69) is 25.1 Å². The molecule has 1 unspecified atom stereocenters. The molecule has 4 aromatic rings. The Morgan fingerprint density at radius 2 is 1.76 bits per heavy atom. The van der Waals surface area contributed by atoms with Crippen molar-refractivity contribution >= 4 is 38.4 Å². The van der Waals surface area contributed by atoms with E-state index in [1.807, 2.05) is 25.1 Å². The minimum atomic E-state index is -4.12. The van der Waals surface area contributed by atoms with Gasteiger partial charge in [0, 0.05) is 31.3 Å². The number of likely N-dealkylation sites (N-methyl/N-ethyl adjacent to an activating group) is 1. The van der Waals surface area contributed by atoms with Gasteiger partial charge >= 0.3 is 0 Å². The van der Waals surface area contributed by atoms with Gasteiger partial charge in [-0.15, -0.1) is 0 Å². The van der Waals surface area contributed by atoms with Gasteiger partial charge in [-0.2, -0.15) is 13.5 Å². The van der Waals surface area contributed by atoms with Crippen LogP contribution < -0.4 is 24.2 Å². The first kappa shape index (κ1) is 29.8. The Bertz CT molecular complexity index is 1590. The molecule has 0 amide bonds. The Kier molecular flexibility index (Phi) is 9.47. The number of para-hydroxylation sites is 2. The summed E-state index contributed by atoms with van der Waals surface area (Å²) >= 11 is 0. The predicted octanol–water partition coefficient (Wildman–Crippen LogP) is 3.10. The molecule has 4 rings (SSSR count). The Morgan fingerprint density at radius 1 is 1.05 bits per heavy atom. The summed E-state index contributed by atoms with van der Waals surface area (Å²) in [5.74, 6) is 1.25. The second kappa shape index (κ2) is 13.0. The third-order valence-corrected chi connectivity index (χ3v) is 7.22. The summed E-state index contributed by atoms with van der Waals surface area (Å²) in [5, 5.41) is 16.9. The predicted molar refractivity (Wildman–Crippen MR) is 156 cm³/mol. The molecule has 0 fully saturated rings. The molecule has 0 spiro atoms. The zero-order chi connectivity index (χ0) is 29.6. The van der Waals surface area contributed by atoms with E-state index >= 15 is 0 Å². The number of benzene rings is 2. The zero-order valence-corrected chi connectivity index (χ0v) is 24.5. The van der Waals surface area contributed by atoms with Crippen molar-refractivity contribution in [3.05, 3.63) is 48.7 Å². The number of fused-ring (bicyclic) bond motifs is 1. The first-order valence-electron chi connectivity index (χ1n) is 12.9. The molecule has 41 heavy (non-hydrogen) atoms. The van der Waals surface area contributed by atoms with Gasteiger partial charge in [0.05, 0.1) is 50.2 Å². The van der Waals surface area contributed by atoms with Gasteiger partial charge in [-0.3, -0.25) is 9.40 Å². The van der Waals surface area contributed by atoms with Crippen molar-refractivity contribution in [2.45, 2.75) is 31.0 Å². The summed E-state index contributed by atoms with van der Waals surface area (Å²) in [7, 11) is 2.74. The summed E-state index contributed by atoms with van der Waals surface area (Å²) in [4.78, 5) is 11.2. The van der Waals surface area contributed by atoms with Gasteiger partial charge in [0.1, 0.15) is 5.75 Å². The SMILES string of the molecule is COc1cc(Nc2nc3ccccc3nc2NS(=O)(=O)c2ccn(CCN(C)C)n2)c(OCCC(C)O)c(OC)c1. The van der Waals surface area contributed by atoms with Crippen molar-refractivity contribution in [1.29, 1.82) is 0 Å². The fourth-order valence-electron chi connectivity index (χ4n) is 3.80. The van der Waals surface area contributed by atoms with Crippen LogP contribution in [0.2, 0.25) is 0 Å². The maximum absolute atomic E-state index is 13.4. The van der Waals surface area contributed by atoms with Crippen molar-refractivity contribution < 1.29 is 27.7 Å². The van der Waals surface area contributed by atoms with Gasteiger partial charge in [0.25, 0.3) is 10.0 Å². The molecule has 220 valence electrons. The second-order valence-corrected chi connectivity index (χ2v) is 11.2. The number of nitrogens with zero attached hydrogens (tertiary/aromatic N) is 5. The van der Waals surface area contributed by atoms with E-state index in [1.54, 1.807) is 48.1 Å². The summed E-state index contributed by atoms with van der Waals surface area (Å²) < 4.78 is 47.8. The molecule has 13 nitrogen and oxygen atoms in total. The van der Waals surface area contributed by atoms with E-state index in [0.29, 0.717) is 53.5 Å². The molecule has 1 atom stereocenters. The summed E-state index contributed by atoms with van der Waals surface area (Å²) in [6.07, 6.45) is 1.44. The Balaban J connectivity index is 1.74. The number of aromatic nitrogens is 4. The number of anilines is 3. The number of nitrogens with one attached hydrogen (secondary N) is 2. The maximum atomic E-state index is 13.4. The third kappa shape index (κ3) is 7.54. The summed E-state index contributed by atoms with van der Waals surface area (Å²) in [6, 6.07) is 11.9. The van der Waals surface area contributed by atoms with Gasteiger partial charge in [-0.05, 0) is 39.2 Å². The molecule has 3 N–H and O–H groups in total. The summed E-state index contributed by atoms with van der Waals surface area (Å²) in [6.45, 7) is 3.10. The van der Waals surface area contributed by atoms with Crippen LogP contribution in [0, 0.1) is 0 Å². The lowest BCUT2D eigenvalue weighted by atomic mass is 10.2. The topological polar surface area (TPSA) is 153 Å². The molecule has 0 aliphatic carbocycles. The molecule has 2 aromatic heterocycles. The molecule has 0 saturated carbocycles. The van der Waals surface area contributed by atoms with E-state index < -0.39 is 16.1 Å². The highest BCUT2D eigenvalue weighted by atomic mass is 32.2. The number of aliphatic hydroxyl groups excluding tert-OH is 1. The highest BCUT2D eigenvalue weighted by molar-refractivity contribution is 7.92. The number of hydrogen-bond acceptors (Lipinski definition) is 11. The van der Waals surface area contributed by atoms with Crippen molar-refractivity contribution in [3.63, 3.8) is 0 Å². The van der Waals surface area contributed by atoms with Crippen LogP contribution in [-0.2, 0) is 16.6 Å². The van der Waals surface area contributed by atoms with Crippen molar-refractivity contribution in [2.24, 2.45) is 0 Å². The number of methoxy groups -OCH3 is 2. The number of aliphatic hydroxyl groups is 1. The molecule has 2 heterocycles. The van der Waals surface area contributed by atoms with Crippen LogP contribution in [0.1, 0.15) is 13.3 Å². The van der Waals surface area contributed by atoms with Gasteiger partial charge < -0.3 is 29.5 Å². The van der Waals surface area contributed by atoms with Crippen LogP contribution in [-0.4, -0.2) is 85.7 Å². The Labute approximate surface area is 239 Å². The van der Waals surface area contributed by atoms with Crippen LogP contribution >= 0.6 is 0 Å². The van der Waals surface area contributed by atoms with Crippen molar-refractivity contribution in [2.75, 3.05) is 51.5 Å². The van der Waals surface area contributed by atoms with Crippen LogP contribution in [0.3, 0.4) is 0 Å². The zero-order valence-electron chi connectivity index (χ0n) is 23.7. The lowest BCUT2D eigenvalue weighted by Crippen LogP contribution is -2.20. The molecule has 0 saturated heterocycles. The third-order valence-electron chi connectivity index (χ3n) is 5.99. The largest absolute Gasteiger partial charge is 0.497 e. The second-order valence-electron chi connectivity index (χ2n) is 9.55. The van der Waals surface area contributed by atoms with E-state index in [9.17, 15) is 13.5 Å². The molecule has 14 heteroatoms. The average molecular weight is 586 g/mol. The molecule has 0 aliphatic heterocycles. The van der Waals surface area contributed by atoms with Crippen LogP contribution in [0.15, 0.2) is 53.7 Å². The van der Waals surface area contributed by atoms with Gasteiger partial charge in [-0.1, -0.05) is 12.1 Å². The van der Waals surface area contributed by atoms with Crippen molar-refractivity contribution in [3.8, 4) is 17.2 Å². The Morgan fingerprint density at radius 3 is 2.39 bits per heavy atom.